The average molecular weight is 669 g/mol. The molecule has 1 heterocycles. The third-order valence-corrected chi connectivity index (χ3v) is 9.28. The summed E-state index contributed by atoms with van der Waals surface area (Å²) in [7, 11) is -3.91. The van der Waals surface area contributed by atoms with E-state index in [0.717, 1.165) is 31.4 Å². The number of aromatic nitrogens is 1. The first-order valence-corrected chi connectivity index (χ1v) is 17.4. The van der Waals surface area contributed by atoms with Crippen molar-refractivity contribution in [3.05, 3.63) is 108 Å². The number of rotatable bonds is 11. The molecule has 5 N–H and O–H groups in total. The largest absolute Gasteiger partial charge is 0.438 e. The second-order valence-corrected chi connectivity index (χ2v) is 13.4. The van der Waals surface area contributed by atoms with Gasteiger partial charge in [-0.05, 0) is 73.7 Å². The van der Waals surface area contributed by atoms with Crippen LogP contribution in [0.1, 0.15) is 56.4 Å². The Morgan fingerprint density at radius 1 is 0.979 bits per heavy atom. The minimum atomic E-state index is -3.91. The SMILES string of the molecule is CC(OC(=O)N=C(N)c1cccc(N(CC(=O)Nc2ccc(-c3ccccc3S(N)(=O)=O)cc2)CC2CCCCC2)c1)c1ccccn1. The lowest BCUT2D eigenvalue weighted by atomic mass is 9.89. The molecule has 250 valence electrons. The van der Waals surface area contributed by atoms with Gasteiger partial charge in [0.2, 0.25) is 15.9 Å². The van der Waals surface area contributed by atoms with Gasteiger partial charge in [0, 0.05) is 35.2 Å². The molecule has 0 saturated heterocycles. The van der Waals surface area contributed by atoms with Crippen LogP contribution in [0.2, 0.25) is 0 Å². The second kappa shape index (κ2) is 15.7. The Kier molecular flexibility index (Phi) is 11.2. The molecule has 5 rings (SSSR count). The number of anilines is 2. The summed E-state index contributed by atoms with van der Waals surface area (Å²) in [5.41, 5.74) is 9.85. The molecule has 2 amide bonds. The van der Waals surface area contributed by atoms with E-state index in [4.69, 9.17) is 15.6 Å². The number of carbonyl (C=O) groups excluding carboxylic acids is 2. The number of amides is 2. The van der Waals surface area contributed by atoms with Crippen LogP contribution < -0.4 is 21.1 Å². The summed E-state index contributed by atoms with van der Waals surface area (Å²) in [6.07, 6.45) is 5.90. The molecule has 1 aliphatic carbocycles. The van der Waals surface area contributed by atoms with Crippen molar-refractivity contribution in [1.29, 1.82) is 0 Å². The number of pyridine rings is 1. The maximum Gasteiger partial charge on any atom is 0.436 e. The molecule has 1 unspecified atom stereocenters. The first-order chi connectivity index (χ1) is 23.1. The second-order valence-electron chi connectivity index (χ2n) is 11.9. The Balaban J connectivity index is 1.30. The van der Waals surface area contributed by atoms with Crippen LogP contribution in [-0.4, -0.2) is 44.3 Å². The van der Waals surface area contributed by atoms with Crippen LogP contribution in [0.5, 0.6) is 0 Å². The van der Waals surface area contributed by atoms with Gasteiger partial charge in [0.15, 0.2) is 0 Å². The predicted molar refractivity (Wildman–Crippen MR) is 187 cm³/mol. The fraction of sp³-hybridized carbons (Fsp3) is 0.278. The van der Waals surface area contributed by atoms with Gasteiger partial charge >= 0.3 is 6.09 Å². The van der Waals surface area contributed by atoms with Gasteiger partial charge in [-0.3, -0.25) is 9.78 Å². The Morgan fingerprint density at radius 2 is 1.71 bits per heavy atom. The molecule has 1 aliphatic rings. The molecule has 0 aliphatic heterocycles. The lowest BCUT2D eigenvalue weighted by molar-refractivity contribution is -0.115. The van der Waals surface area contributed by atoms with E-state index in [1.54, 1.807) is 73.8 Å². The number of primary sulfonamides is 1. The normalized spacial score (nSPS) is 14.6. The number of aliphatic imine (C=N–C) groups is 1. The lowest BCUT2D eigenvalue weighted by Crippen LogP contribution is -2.37. The molecule has 1 aromatic heterocycles. The molecule has 4 aromatic rings. The van der Waals surface area contributed by atoms with Crippen LogP contribution in [0.4, 0.5) is 16.2 Å². The summed E-state index contributed by atoms with van der Waals surface area (Å²) in [4.78, 5) is 36.2. The molecule has 0 spiro atoms. The summed E-state index contributed by atoms with van der Waals surface area (Å²) < 4.78 is 29.6. The van der Waals surface area contributed by atoms with Crippen molar-refractivity contribution < 1.29 is 22.7 Å². The number of nitrogens with one attached hydrogen (secondary N) is 1. The Morgan fingerprint density at radius 3 is 2.42 bits per heavy atom. The van der Waals surface area contributed by atoms with Gasteiger partial charge in [0.25, 0.3) is 0 Å². The van der Waals surface area contributed by atoms with Crippen molar-refractivity contribution >= 4 is 39.2 Å². The summed E-state index contributed by atoms with van der Waals surface area (Å²) in [6.45, 7) is 2.47. The summed E-state index contributed by atoms with van der Waals surface area (Å²) in [5, 5.41) is 8.37. The van der Waals surface area contributed by atoms with Crippen molar-refractivity contribution in [1.82, 2.24) is 4.98 Å². The van der Waals surface area contributed by atoms with Gasteiger partial charge in [0.05, 0.1) is 17.1 Å². The van der Waals surface area contributed by atoms with Crippen LogP contribution in [0.3, 0.4) is 0 Å². The minimum Gasteiger partial charge on any atom is -0.438 e. The molecule has 11 nitrogen and oxygen atoms in total. The molecule has 1 saturated carbocycles. The summed E-state index contributed by atoms with van der Waals surface area (Å²) in [5.74, 6) is 0.214. The predicted octanol–water partition coefficient (Wildman–Crippen LogP) is 6.02. The monoisotopic (exact) mass is 668 g/mol. The topological polar surface area (TPSA) is 170 Å². The van der Waals surface area contributed by atoms with Crippen LogP contribution >= 0.6 is 0 Å². The minimum absolute atomic E-state index is 0.00115. The van der Waals surface area contributed by atoms with E-state index in [0.29, 0.717) is 40.5 Å². The smallest absolute Gasteiger partial charge is 0.436 e. The first kappa shape index (κ1) is 34.3. The van der Waals surface area contributed by atoms with Crippen molar-refractivity contribution in [2.75, 3.05) is 23.3 Å². The average Bonchev–Trinajstić information content (AvgIpc) is 3.09. The molecule has 0 radical (unpaired) electrons. The van der Waals surface area contributed by atoms with E-state index in [1.165, 1.54) is 12.5 Å². The highest BCUT2D eigenvalue weighted by Gasteiger charge is 2.21. The fourth-order valence-corrected chi connectivity index (χ4v) is 6.64. The molecule has 1 atom stereocenters. The van der Waals surface area contributed by atoms with Crippen molar-refractivity contribution in [3.63, 3.8) is 0 Å². The van der Waals surface area contributed by atoms with Gasteiger partial charge in [-0.15, -0.1) is 0 Å². The number of hydrogen-bond acceptors (Lipinski definition) is 7. The summed E-state index contributed by atoms with van der Waals surface area (Å²) >= 11 is 0. The van der Waals surface area contributed by atoms with Crippen LogP contribution in [0.25, 0.3) is 11.1 Å². The van der Waals surface area contributed by atoms with Crippen molar-refractivity contribution in [2.45, 2.75) is 50.0 Å². The highest BCUT2D eigenvalue weighted by molar-refractivity contribution is 7.89. The van der Waals surface area contributed by atoms with Gasteiger partial charge in [-0.2, -0.15) is 4.99 Å². The number of amidine groups is 1. The molecule has 12 heteroatoms. The highest BCUT2D eigenvalue weighted by Crippen LogP contribution is 2.29. The van der Waals surface area contributed by atoms with Gasteiger partial charge in [-0.1, -0.05) is 67.8 Å². The van der Waals surface area contributed by atoms with Crippen LogP contribution in [0.15, 0.2) is 107 Å². The third-order valence-electron chi connectivity index (χ3n) is 8.31. The Labute approximate surface area is 281 Å². The van der Waals surface area contributed by atoms with Crippen molar-refractivity contribution in [2.24, 2.45) is 21.8 Å². The van der Waals surface area contributed by atoms with Gasteiger partial charge < -0.3 is 20.7 Å². The zero-order chi connectivity index (χ0) is 34.1. The number of nitrogens with two attached hydrogens (primary N) is 2. The number of benzene rings is 3. The van der Waals surface area contributed by atoms with Crippen LogP contribution in [-0.2, 0) is 19.6 Å². The molecular formula is C36H40N6O5S. The van der Waals surface area contributed by atoms with Crippen molar-refractivity contribution in [3.8, 4) is 11.1 Å². The molecule has 0 bridgehead atoms. The van der Waals surface area contributed by atoms with E-state index in [9.17, 15) is 18.0 Å². The maximum atomic E-state index is 13.4. The quantitative estimate of drug-likeness (QED) is 0.129. The zero-order valence-electron chi connectivity index (χ0n) is 26.8. The zero-order valence-corrected chi connectivity index (χ0v) is 27.6. The maximum absolute atomic E-state index is 13.4. The van der Waals surface area contributed by atoms with E-state index < -0.39 is 22.2 Å². The van der Waals surface area contributed by atoms with Gasteiger partial charge in [0.1, 0.15) is 11.9 Å². The Bertz CT molecular complexity index is 1860. The van der Waals surface area contributed by atoms with E-state index in [1.807, 2.05) is 29.2 Å². The molecule has 48 heavy (non-hydrogen) atoms. The van der Waals surface area contributed by atoms with E-state index in [-0.39, 0.29) is 23.2 Å². The molecular weight excluding hydrogens is 629 g/mol. The van der Waals surface area contributed by atoms with Gasteiger partial charge in [-0.25, -0.2) is 18.4 Å². The molecule has 1 fully saturated rings. The first-order valence-electron chi connectivity index (χ1n) is 15.9. The number of nitrogens with zero attached hydrogens (tertiary/aromatic N) is 3. The highest BCUT2D eigenvalue weighted by atomic mass is 32.2. The standard InChI is InChI=1S/C36H40N6O5S/c1-25(32-15-7-8-21-39-32)47-36(44)41-35(37)28-12-9-13-30(22-28)42(23-26-10-3-2-4-11-26)24-34(43)40-29-19-17-27(18-20-29)31-14-5-6-16-33(31)48(38,45)46/h5-9,12-22,25-26H,2-4,10-11,23-24H2,1H3,(H,40,43)(H2,37,41,44)(H2,38,45,46). The number of ether oxygens (including phenoxy) is 1. The van der Waals surface area contributed by atoms with E-state index in [2.05, 4.69) is 15.3 Å². The fourth-order valence-electron chi connectivity index (χ4n) is 5.88. The lowest BCUT2D eigenvalue weighted by Gasteiger charge is -2.31. The number of carbonyl (C=O) groups is 2. The Hall–Kier alpha value is -5.07. The number of sulfonamides is 1. The van der Waals surface area contributed by atoms with E-state index >= 15 is 0 Å². The molecule has 3 aromatic carbocycles. The summed E-state index contributed by atoms with van der Waals surface area (Å²) in [6, 6.07) is 26.1. The van der Waals surface area contributed by atoms with Crippen LogP contribution in [0, 0.1) is 5.92 Å². The third kappa shape index (κ3) is 9.26. The number of hydrogen-bond donors (Lipinski definition) is 3.